The summed E-state index contributed by atoms with van der Waals surface area (Å²) in [4.78, 5) is 14.4. The zero-order valence-corrected chi connectivity index (χ0v) is 11.7. The van der Waals surface area contributed by atoms with Crippen LogP contribution in [-0.4, -0.2) is 36.0 Å². The first kappa shape index (κ1) is 11.5. The zero-order valence-electron chi connectivity index (χ0n) is 9.58. The molecule has 1 N–H and O–H groups in total. The van der Waals surface area contributed by atoms with Gasteiger partial charge in [-0.05, 0) is 53.6 Å². The van der Waals surface area contributed by atoms with Gasteiger partial charge in [0.25, 0.3) is 5.91 Å². The lowest BCUT2D eigenvalue weighted by Crippen LogP contribution is -2.54. The van der Waals surface area contributed by atoms with Gasteiger partial charge in [-0.15, -0.1) is 0 Å². The number of hydrogen-bond donors (Lipinski definition) is 1. The van der Waals surface area contributed by atoms with Crippen molar-refractivity contribution in [2.45, 2.75) is 18.4 Å². The summed E-state index contributed by atoms with van der Waals surface area (Å²) in [6.07, 6.45) is 2.42. The summed E-state index contributed by atoms with van der Waals surface area (Å²) in [5.74, 6) is 0.177. The van der Waals surface area contributed by atoms with Crippen molar-refractivity contribution in [3.05, 3.63) is 33.4 Å². The molecule has 1 heterocycles. The minimum Gasteiger partial charge on any atom is -0.336 e. The molecule has 1 saturated heterocycles. The molecule has 1 aromatic carbocycles. The molecule has 3 rings (SSSR count). The van der Waals surface area contributed by atoms with Crippen molar-refractivity contribution in [2.24, 2.45) is 0 Å². The third kappa shape index (κ3) is 2.33. The maximum absolute atomic E-state index is 12.4. The quantitative estimate of drug-likeness (QED) is 0.791. The number of nitrogens with one attached hydrogen (secondary N) is 1. The summed E-state index contributed by atoms with van der Waals surface area (Å²) in [7, 11) is 0. The van der Waals surface area contributed by atoms with E-state index in [9.17, 15) is 4.79 Å². The Morgan fingerprint density at radius 3 is 2.94 bits per heavy atom. The van der Waals surface area contributed by atoms with E-state index in [1.807, 2.05) is 29.2 Å². The van der Waals surface area contributed by atoms with Gasteiger partial charge in [0, 0.05) is 34.3 Å². The zero-order chi connectivity index (χ0) is 11.9. The van der Waals surface area contributed by atoms with Crippen molar-refractivity contribution < 1.29 is 4.79 Å². The second kappa shape index (κ2) is 4.24. The molecule has 0 radical (unpaired) electrons. The largest absolute Gasteiger partial charge is 0.336 e. The highest BCUT2D eigenvalue weighted by atomic mass is 127. The van der Waals surface area contributed by atoms with Gasteiger partial charge in [-0.25, -0.2) is 0 Å². The van der Waals surface area contributed by atoms with E-state index in [-0.39, 0.29) is 11.4 Å². The van der Waals surface area contributed by atoms with Crippen LogP contribution in [0.2, 0.25) is 0 Å². The van der Waals surface area contributed by atoms with E-state index >= 15 is 0 Å². The molecule has 0 atom stereocenters. The second-order valence-corrected chi connectivity index (χ2v) is 6.19. The molecule has 3 nitrogen and oxygen atoms in total. The van der Waals surface area contributed by atoms with Gasteiger partial charge in [-0.2, -0.15) is 0 Å². The summed E-state index contributed by atoms with van der Waals surface area (Å²) in [6.45, 7) is 2.62. The third-order valence-electron chi connectivity index (χ3n) is 3.59. The fraction of sp³-hybridized carbons (Fsp3) is 0.462. The molecule has 0 aromatic heterocycles. The average molecular weight is 342 g/mol. The van der Waals surface area contributed by atoms with E-state index in [2.05, 4.69) is 27.9 Å². The van der Waals surface area contributed by atoms with Crippen LogP contribution in [0.5, 0.6) is 0 Å². The van der Waals surface area contributed by atoms with Crippen LogP contribution in [0.15, 0.2) is 24.3 Å². The van der Waals surface area contributed by atoms with Gasteiger partial charge in [0.15, 0.2) is 0 Å². The molecule has 1 aromatic rings. The first-order valence-electron chi connectivity index (χ1n) is 5.98. The van der Waals surface area contributed by atoms with Crippen LogP contribution >= 0.6 is 22.6 Å². The van der Waals surface area contributed by atoms with Gasteiger partial charge in [0.05, 0.1) is 0 Å². The number of rotatable bonds is 1. The van der Waals surface area contributed by atoms with E-state index in [1.54, 1.807) is 0 Å². The summed E-state index contributed by atoms with van der Waals surface area (Å²) >= 11 is 2.25. The Labute approximate surface area is 115 Å². The molecule has 1 spiro atoms. The number of amides is 1. The number of carbonyl (C=O) groups is 1. The topological polar surface area (TPSA) is 32.3 Å². The molecule has 4 heteroatoms. The minimum atomic E-state index is 0.177. The van der Waals surface area contributed by atoms with Gasteiger partial charge in [0.2, 0.25) is 0 Å². The molecular formula is C13H15IN2O. The Hall–Kier alpha value is -0.620. The lowest BCUT2D eigenvalue weighted by Gasteiger charge is -2.34. The van der Waals surface area contributed by atoms with Crippen molar-refractivity contribution in [1.82, 2.24) is 10.2 Å². The molecule has 0 bridgehead atoms. The second-order valence-electron chi connectivity index (χ2n) is 4.94. The van der Waals surface area contributed by atoms with Crippen LogP contribution < -0.4 is 5.32 Å². The predicted octanol–water partition coefficient (Wildman–Crippen LogP) is 1.87. The molecule has 2 aliphatic rings. The van der Waals surface area contributed by atoms with Gasteiger partial charge in [-0.3, -0.25) is 4.79 Å². The standard InChI is InChI=1S/C13H15IN2O/c14-11-3-1-2-10(8-11)12(17)16-7-6-15-13(9-16)4-5-13/h1-3,8,15H,4-7,9H2. The Bertz CT molecular complexity index is 456. The highest BCUT2D eigenvalue weighted by Gasteiger charge is 2.46. The van der Waals surface area contributed by atoms with E-state index in [4.69, 9.17) is 0 Å². The molecule has 1 saturated carbocycles. The van der Waals surface area contributed by atoms with Gasteiger partial charge >= 0.3 is 0 Å². The molecule has 2 fully saturated rings. The lowest BCUT2D eigenvalue weighted by atomic mass is 10.1. The van der Waals surface area contributed by atoms with Crippen LogP contribution in [0, 0.1) is 3.57 Å². The Balaban J connectivity index is 1.77. The number of nitrogens with zero attached hydrogens (tertiary/aromatic N) is 1. The highest BCUT2D eigenvalue weighted by molar-refractivity contribution is 14.1. The molecule has 17 heavy (non-hydrogen) atoms. The average Bonchev–Trinajstić information content (AvgIpc) is 3.07. The van der Waals surface area contributed by atoms with Crippen LogP contribution in [0.25, 0.3) is 0 Å². The summed E-state index contributed by atoms with van der Waals surface area (Å²) in [5.41, 5.74) is 1.07. The van der Waals surface area contributed by atoms with Crippen LogP contribution in [0.1, 0.15) is 23.2 Å². The van der Waals surface area contributed by atoms with Gasteiger partial charge in [0.1, 0.15) is 0 Å². The fourth-order valence-electron chi connectivity index (χ4n) is 2.42. The first-order chi connectivity index (χ1) is 8.19. The smallest absolute Gasteiger partial charge is 0.253 e. The van der Waals surface area contributed by atoms with Crippen molar-refractivity contribution in [3.63, 3.8) is 0 Å². The molecular weight excluding hydrogens is 327 g/mol. The Morgan fingerprint density at radius 2 is 2.24 bits per heavy atom. The molecule has 90 valence electrons. The third-order valence-corrected chi connectivity index (χ3v) is 4.26. The van der Waals surface area contributed by atoms with Crippen LogP contribution in [0.3, 0.4) is 0 Å². The molecule has 1 amide bonds. The van der Waals surface area contributed by atoms with Crippen molar-refractivity contribution in [2.75, 3.05) is 19.6 Å². The number of benzene rings is 1. The Kier molecular flexibility index (Phi) is 2.86. The maximum Gasteiger partial charge on any atom is 0.253 e. The van der Waals surface area contributed by atoms with Crippen LogP contribution in [-0.2, 0) is 0 Å². The lowest BCUT2D eigenvalue weighted by molar-refractivity contribution is 0.0691. The summed E-state index contributed by atoms with van der Waals surface area (Å²) in [6, 6.07) is 7.83. The molecule has 1 aliphatic heterocycles. The SMILES string of the molecule is O=C(c1cccc(I)c1)N1CCNC2(CC2)C1. The molecule has 1 aliphatic carbocycles. The van der Waals surface area contributed by atoms with E-state index < -0.39 is 0 Å². The number of halogens is 1. The Morgan fingerprint density at radius 1 is 1.41 bits per heavy atom. The summed E-state index contributed by atoms with van der Waals surface area (Å²) in [5, 5.41) is 3.52. The summed E-state index contributed by atoms with van der Waals surface area (Å²) < 4.78 is 1.12. The fourth-order valence-corrected chi connectivity index (χ4v) is 2.96. The van der Waals surface area contributed by atoms with Crippen molar-refractivity contribution in [1.29, 1.82) is 0 Å². The maximum atomic E-state index is 12.4. The predicted molar refractivity (Wildman–Crippen MR) is 75.0 cm³/mol. The highest BCUT2D eigenvalue weighted by Crippen LogP contribution is 2.37. The molecule has 0 unspecified atom stereocenters. The van der Waals surface area contributed by atoms with Gasteiger partial charge < -0.3 is 10.2 Å². The van der Waals surface area contributed by atoms with Crippen molar-refractivity contribution >= 4 is 28.5 Å². The van der Waals surface area contributed by atoms with Gasteiger partial charge in [-0.1, -0.05) is 6.07 Å². The minimum absolute atomic E-state index is 0.177. The van der Waals surface area contributed by atoms with E-state index in [0.29, 0.717) is 0 Å². The van der Waals surface area contributed by atoms with E-state index in [0.717, 1.165) is 28.8 Å². The number of carbonyl (C=O) groups excluding carboxylic acids is 1. The monoisotopic (exact) mass is 342 g/mol. The first-order valence-corrected chi connectivity index (χ1v) is 7.06. The van der Waals surface area contributed by atoms with Crippen LogP contribution in [0.4, 0.5) is 0 Å². The number of piperazine rings is 1. The normalized spacial score (nSPS) is 21.6. The van der Waals surface area contributed by atoms with E-state index in [1.165, 1.54) is 12.8 Å². The number of hydrogen-bond acceptors (Lipinski definition) is 2. The van der Waals surface area contributed by atoms with Crippen molar-refractivity contribution in [3.8, 4) is 0 Å².